The van der Waals surface area contributed by atoms with Crippen molar-refractivity contribution in [3.63, 3.8) is 0 Å². The van der Waals surface area contributed by atoms with E-state index in [-0.39, 0.29) is 25.0 Å². The Morgan fingerprint density at radius 1 is 1.21 bits per heavy atom. The Hall–Kier alpha value is -2.67. The highest BCUT2D eigenvalue weighted by molar-refractivity contribution is 5.92. The van der Waals surface area contributed by atoms with Gasteiger partial charge >= 0.3 is 5.97 Å². The number of hydrogen-bond donors (Lipinski definition) is 2. The molecule has 0 spiro atoms. The number of hydrogen-bond acceptors (Lipinski definition) is 4. The number of nitrogens with zero attached hydrogens (tertiary/aromatic N) is 3. The van der Waals surface area contributed by atoms with Crippen molar-refractivity contribution in [2.75, 3.05) is 18.4 Å². The first kappa shape index (κ1) is 20.1. The summed E-state index contributed by atoms with van der Waals surface area (Å²) in [6, 6.07) is 11.6. The minimum Gasteiger partial charge on any atom is -0.480 e. The Labute approximate surface area is 165 Å². The second kappa shape index (κ2) is 9.01. The van der Waals surface area contributed by atoms with Crippen molar-refractivity contribution < 1.29 is 14.7 Å². The van der Waals surface area contributed by atoms with Crippen LogP contribution in [0.25, 0.3) is 5.69 Å². The molecule has 0 bridgehead atoms. The number of carboxylic acids is 1. The molecule has 7 heteroatoms. The van der Waals surface area contributed by atoms with Gasteiger partial charge in [0.05, 0.1) is 24.5 Å². The van der Waals surface area contributed by atoms with Crippen LogP contribution in [0.1, 0.15) is 51.1 Å². The van der Waals surface area contributed by atoms with E-state index in [4.69, 9.17) is 10.2 Å². The van der Waals surface area contributed by atoms with Crippen molar-refractivity contribution >= 4 is 17.7 Å². The molecule has 1 aromatic heterocycles. The van der Waals surface area contributed by atoms with E-state index in [0.717, 1.165) is 24.2 Å². The number of carbonyl (C=O) groups excluding carboxylic acids is 1. The Balaban J connectivity index is 1.81. The van der Waals surface area contributed by atoms with Crippen LogP contribution in [0.4, 0.5) is 5.82 Å². The van der Waals surface area contributed by atoms with Gasteiger partial charge in [-0.1, -0.05) is 31.0 Å². The van der Waals surface area contributed by atoms with Crippen molar-refractivity contribution in [1.82, 2.24) is 14.7 Å². The highest BCUT2D eigenvalue weighted by Crippen LogP contribution is 2.35. The largest absolute Gasteiger partial charge is 0.480 e. The van der Waals surface area contributed by atoms with Crippen molar-refractivity contribution in [1.29, 1.82) is 0 Å². The Morgan fingerprint density at radius 3 is 2.50 bits per heavy atom. The standard InChI is InChI=1S/C21H28N4O3/c1-15(2)24(14-21(27)28)13-20(26)22-19-12-18(16-8-6-7-9-16)23-25(19)17-10-4-3-5-11-17/h3-5,10-12,15-16H,6-9,13-14H2,1-2H3,(H,22,26)(H,27,28). The lowest BCUT2D eigenvalue weighted by Gasteiger charge is -2.23. The van der Waals surface area contributed by atoms with E-state index in [9.17, 15) is 9.59 Å². The average molecular weight is 384 g/mol. The quantitative estimate of drug-likeness (QED) is 0.729. The predicted octanol–water partition coefficient (Wildman–Crippen LogP) is 3.26. The summed E-state index contributed by atoms with van der Waals surface area (Å²) in [6.07, 6.45) is 4.67. The third-order valence-corrected chi connectivity index (χ3v) is 5.19. The van der Waals surface area contributed by atoms with Gasteiger partial charge in [0, 0.05) is 18.0 Å². The molecule has 150 valence electrons. The van der Waals surface area contributed by atoms with Crippen LogP contribution in [0, 0.1) is 0 Å². The maximum absolute atomic E-state index is 12.6. The van der Waals surface area contributed by atoms with E-state index in [1.807, 2.05) is 50.2 Å². The molecule has 2 N–H and O–H groups in total. The van der Waals surface area contributed by atoms with Gasteiger partial charge < -0.3 is 10.4 Å². The summed E-state index contributed by atoms with van der Waals surface area (Å²) >= 11 is 0. The summed E-state index contributed by atoms with van der Waals surface area (Å²) in [5, 5.41) is 16.8. The maximum Gasteiger partial charge on any atom is 0.317 e. The zero-order valence-corrected chi connectivity index (χ0v) is 16.5. The molecule has 1 aliphatic carbocycles. The minimum absolute atomic E-state index is 0.0166. The number of benzene rings is 1. The monoisotopic (exact) mass is 384 g/mol. The number of para-hydroxylation sites is 1. The molecular formula is C21H28N4O3. The van der Waals surface area contributed by atoms with Crippen LogP contribution >= 0.6 is 0 Å². The number of aliphatic carboxylic acids is 1. The van der Waals surface area contributed by atoms with Crippen molar-refractivity contribution in [3.05, 3.63) is 42.1 Å². The third kappa shape index (κ3) is 4.98. The molecule has 28 heavy (non-hydrogen) atoms. The topological polar surface area (TPSA) is 87.5 Å². The molecule has 2 aromatic rings. The number of anilines is 1. The van der Waals surface area contributed by atoms with E-state index < -0.39 is 5.97 Å². The second-order valence-electron chi connectivity index (χ2n) is 7.62. The van der Waals surface area contributed by atoms with Gasteiger partial charge in [0.15, 0.2) is 0 Å². The first-order chi connectivity index (χ1) is 13.4. The summed E-state index contributed by atoms with van der Waals surface area (Å²) in [5.74, 6) is -0.138. The van der Waals surface area contributed by atoms with Crippen LogP contribution in [0.15, 0.2) is 36.4 Å². The molecule has 1 aliphatic rings. The number of carbonyl (C=O) groups is 2. The molecule has 1 amide bonds. The van der Waals surface area contributed by atoms with Crippen LogP contribution in [-0.2, 0) is 9.59 Å². The fourth-order valence-corrected chi connectivity index (χ4v) is 3.64. The SMILES string of the molecule is CC(C)N(CC(=O)O)CC(=O)Nc1cc(C2CCCC2)nn1-c1ccccc1. The van der Waals surface area contributed by atoms with Crippen molar-refractivity contribution in [2.45, 2.75) is 51.5 Å². The predicted molar refractivity (Wildman–Crippen MR) is 108 cm³/mol. The molecule has 1 heterocycles. The third-order valence-electron chi connectivity index (χ3n) is 5.19. The lowest BCUT2D eigenvalue weighted by molar-refractivity contribution is -0.139. The van der Waals surface area contributed by atoms with E-state index in [1.165, 1.54) is 12.8 Å². The van der Waals surface area contributed by atoms with Crippen LogP contribution in [-0.4, -0.2) is 50.8 Å². The van der Waals surface area contributed by atoms with Gasteiger partial charge in [0.25, 0.3) is 0 Å². The highest BCUT2D eigenvalue weighted by atomic mass is 16.4. The van der Waals surface area contributed by atoms with Gasteiger partial charge in [0.2, 0.25) is 5.91 Å². The summed E-state index contributed by atoms with van der Waals surface area (Å²) in [4.78, 5) is 25.3. The fraction of sp³-hybridized carbons (Fsp3) is 0.476. The first-order valence-electron chi connectivity index (χ1n) is 9.85. The molecule has 1 saturated carbocycles. The molecule has 0 unspecified atom stereocenters. The Morgan fingerprint density at radius 2 is 1.89 bits per heavy atom. The molecule has 0 saturated heterocycles. The van der Waals surface area contributed by atoms with Crippen LogP contribution in [0.5, 0.6) is 0 Å². The first-order valence-corrected chi connectivity index (χ1v) is 9.85. The smallest absolute Gasteiger partial charge is 0.317 e. The maximum atomic E-state index is 12.6. The molecule has 3 rings (SSSR count). The molecule has 0 atom stereocenters. The van der Waals surface area contributed by atoms with Gasteiger partial charge in [0.1, 0.15) is 5.82 Å². The van der Waals surface area contributed by atoms with Crippen molar-refractivity contribution in [2.24, 2.45) is 0 Å². The van der Waals surface area contributed by atoms with Crippen LogP contribution in [0.3, 0.4) is 0 Å². The summed E-state index contributed by atoms with van der Waals surface area (Å²) in [7, 11) is 0. The van der Waals surface area contributed by atoms with Crippen LogP contribution < -0.4 is 5.32 Å². The zero-order chi connectivity index (χ0) is 20.1. The van der Waals surface area contributed by atoms with E-state index in [0.29, 0.717) is 11.7 Å². The molecule has 1 aromatic carbocycles. The summed E-state index contributed by atoms with van der Waals surface area (Å²) in [5.41, 5.74) is 1.89. The lowest BCUT2D eigenvalue weighted by Crippen LogP contribution is -2.41. The Bertz CT molecular complexity index is 810. The lowest BCUT2D eigenvalue weighted by atomic mass is 10.0. The second-order valence-corrected chi connectivity index (χ2v) is 7.62. The Kier molecular flexibility index (Phi) is 6.46. The number of carboxylic acid groups (broad SMARTS) is 1. The summed E-state index contributed by atoms with van der Waals surface area (Å²) in [6.45, 7) is 3.60. The zero-order valence-electron chi connectivity index (χ0n) is 16.5. The molecule has 7 nitrogen and oxygen atoms in total. The summed E-state index contributed by atoms with van der Waals surface area (Å²) < 4.78 is 1.77. The van der Waals surface area contributed by atoms with E-state index in [1.54, 1.807) is 9.58 Å². The number of amides is 1. The molecule has 0 radical (unpaired) electrons. The van der Waals surface area contributed by atoms with Gasteiger partial charge in [-0.15, -0.1) is 0 Å². The van der Waals surface area contributed by atoms with Gasteiger partial charge in [-0.3, -0.25) is 14.5 Å². The minimum atomic E-state index is -0.945. The average Bonchev–Trinajstić information content (AvgIpc) is 3.31. The molecular weight excluding hydrogens is 356 g/mol. The number of aromatic nitrogens is 2. The van der Waals surface area contributed by atoms with Gasteiger partial charge in [-0.05, 0) is 38.8 Å². The van der Waals surface area contributed by atoms with Crippen molar-refractivity contribution in [3.8, 4) is 5.69 Å². The number of nitrogens with one attached hydrogen (secondary N) is 1. The van der Waals surface area contributed by atoms with E-state index >= 15 is 0 Å². The van der Waals surface area contributed by atoms with Gasteiger partial charge in [-0.25, -0.2) is 4.68 Å². The molecule has 1 fully saturated rings. The molecule has 0 aliphatic heterocycles. The van der Waals surface area contributed by atoms with E-state index in [2.05, 4.69) is 5.32 Å². The highest BCUT2D eigenvalue weighted by Gasteiger charge is 2.23. The normalized spacial score (nSPS) is 14.7. The van der Waals surface area contributed by atoms with Crippen LogP contribution in [0.2, 0.25) is 0 Å². The van der Waals surface area contributed by atoms with Gasteiger partial charge in [-0.2, -0.15) is 5.10 Å². The fourth-order valence-electron chi connectivity index (χ4n) is 3.64. The number of rotatable bonds is 8.